The van der Waals surface area contributed by atoms with E-state index < -0.39 is 0 Å². The SMILES string of the molecule is CNCCCNC(=O)c1cc(C2CC2)[nH]n1. The molecule has 0 bridgehead atoms. The van der Waals surface area contributed by atoms with E-state index in [1.807, 2.05) is 13.1 Å². The Labute approximate surface area is 95.0 Å². The Morgan fingerprint density at radius 3 is 3.06 bits per heavy atom. The van der Waals surface area contributed by atoms with Gasteiger partial charge in [-0.2, -0.15) is 5.10 Å². The molecule has 1 saturated carbocycles. The number of amides is 1. The third-order valence-electron chi connectivity index (χ3n) is 2.74. The van der Waals surface area contributed by atoms with Gasteiger partial charge in [0, 0.05) is 18.2 Å². The fourth-order valence-corrected chi connectivity index (χ4v) is 1.61. The number of nitrogens with one attached hydrogen (secondary N) is 3. The summed E-state index contributed by atoms with van der Waals surface area (Å²) in [5.74, 6) is 0.526. The third kappa shape index (κ3) is 2.82. The first-order chi connectivity index (χ1) is 7.81. The predicted molar refractivity (Wildman–Crippen MR) is 61.4 cm³/mol. The van der Waals surface area contributed by atoms with Crippen molar-refractivity contribution in [1.29, 1.82) is 0 Å². The summed E-state index contributed by atoms with van der Waals surface area (Å²) in [6.07, 6.45) is 3.36. The van der Waals surface area contributed by atoms with Crippen LogP contribution in [-0.4, -0.2) is 36.2 Å². The van der Waals surface area contributed by atoms with E-state index in [4.69, 9.17) is 0 Å². The van der Waals surface area contributed by atoms with Crippen molar-refractivity contribution >= 4 is 5.91 Å². The Bertz CT molecular complexity index is 357. The van der Waals surface area contributed by atoms with Gasteiger partial charge in [-0.1, -0.05) is 0 Å². The van der Waals surface area contributed by atoms with E-state index in [9.17, 15) is 4.79 Å². The molecule has 3 N–H and O–H groups in total. The zero-order chi connectivity index (χ0) is 11.4. The van der Waals surface area contributed by atoms with Crippen LogP contribution in [0.4, 0.5) is 0 Å². The van der Waals surface area contributed by atoms with Crippen molar-refractivity contribution in [3.05, 3.63) is 17.5 Å². The third-order valence-corrected chi connectivity index (χ3v) is 2.74. The van der Waals surface area contributed by atoms with Gasteiger partial charge in [0.2, 0.25) is 0 Å². The van der Waals surface area contributed by atoms with E-state index in [0.29, 0.717) is 18.2 Å². The zero-order valence-corrected chi connectivity index (χ0v) is 9.55. The van der Waals surface area contributed by atoms with E-state index in [1.165, 1.54) is 12.8 Å². The van der Waals surface area contributed by atoms with Crippen LogP contribution in [0.2, 0.25) is 0 Å². The molecule has 0 radical (unpaired) electrons. The number of H-pyrrole nitrogens is 1. The number of hydrogen-bond acceptors (Lipinski definition) is 3. The highest BCUT2D eigenvalue weighted by Gasteiger charge is 2.26. The lowest BCUT2D eigenvalue weighted by molar-refractivity contribution is 0.0948. The molecule has 5 nitrogen and oxygen atoms in total. The monoisotopic (exact) mass is 222 g/mol. The number of nitrogens with zero attached hydrogens (tertiary/aromatic N) is 1. The number of carbonyl (C=O) groups is 1. The summed E-state index contributed by atoms with van der Waals surface area (Å²) in [7, 11) is 1.90. The topological polar surface area (TPSA) is 69.8 Å². The minimum absolute atomic E-state index is 0.0840. The summed E-state index contributed by atoms with van der Waals surface area (Å²) >= 11 is 0. The van der Waals surface area contributed by atoms with Crippen molar-refractivity contribution in [2.75, 3.05) is 20.1 Å². The molecule has 0 unspecified atom stereocenters. The number of aromatic amines is 1. The standard InChI is InChI=1S/C11H18N4O/c1-12-5-2-6-13-11(16)10-7-9(14-15-10)8-3-4-8/h7-8,12H,2-6H2,1H3,(H,13,16)(H,14,15). The Kier molecular flexibility index (Phi) is 3.56. The Hall–Kier alpha value is -1.36. The maximum atomic E-state index is 11.7. The summed E-state index contributed by atoms with van der Waals surface area (Å²) in [5, 5.41) is 12.8. The predicted octanol–water partition coefficient (Wildman–Crippen LogP) is 0.626. The van der Waals surface area contributed by atoms with Crippen molar-refractivity contribution in [1.82, 2.24) is 20.8 Å². The molecular weight excluding hydrogens is 204 g/mol. The molecule has 88 valence electrons. The van der Waals surface area contributed by atoms with E-state index in [1.54, 1.807) is 0 Å². The number of carbonyl (C=O) groups excluding carboxylic acids is 1. The molecule has 5 heteroatoms. The van der Waals surface area contributed by atoms with Crippen LogP contribution in [0, 0.1) is 0 Å². The molecule has 0 spiro atoms. The van der Waals surface area contributed by atoms with Crippen molar-refractivity contribution in [2.45, 2.75) is 25.2 Å². The first kappa shape index (κ1) is 11.1. The van der Waals surface area contributed by atoms with E-state index in [-0.39, 0.29) is 5.91 Å². The molecule has 2 rings (SSSR count). The maximum absolute atomic E-state index is 11.7. The molecule has 16 heavy (non-hydrogen) atoms. The molecule has 1 aromatic rings. The minimum Gasteiger partial charge on any atom is -0.351 e. The molecular formula is C11H18N4O. The van der Waals surface area contributed by atoms with Crippen LogP contribution in [0.3, 0.4) is 0 Å². The zero-order valence-electron chi connectivity index (χ0n) is 9.55. The molecule has 0 saturated heterocycles. The fourth-order valence-electron chi connectivity index (χ4n) is 1.61. The molecule has 0 aromatic carbocycles. The highest BCUT2D eigenvalue weighted by molar-refractivity contribution is 5.92. The lowest BCUT2D eigenvalue weighted by Gasteiger charge is -2.01. The van der Waals surface area contributed by atoms with Gasteiger partial charge in [0.1, 0.15) is 5.69 Å². The van der Waals surface area contributed by atoms with Crippen LogP contribution < -0.4 is 10.6 Å². The second kappa shape index (κ2) is 5.12. The molecule has 0 atom stereocenters. The van der Waals surface area contributed by atoms with Crippen LogP contribution >= 0.6 is 0 Å². The van der Waals surface area contributed by atoms with Gasteiger partial charge in [-0.3, -0.25) is 9.89 Å². The largest absolute Gasteiger partial charge is 0.351 e. The van der Waals surface area contributed by atoms with Crippen LogP contribution in [0.25, 0.3) is 0 Å². The van der Waals surface area contributed by atoms with E-state index >= 15 is 0 Å². The van der Waals surface area contributed by atoms with Gasteiger partial charge in [0.25, 0.3) is 5.91 Å². The average molecular weight is 222 g/mol. The van der Waals surface area contributed by atoms with Crippen LogP contribution in [0.5, 0.6) is 0 Å². The van der Waals surface area contributed by atoms with Crippen LogP contribution in [-0.2, 0) is 0 Å². The summed E-state index contributed by atoms with van der Waals surface area (Å²) in [5.41, 5.74) is 1.60. The van der Waals surface area contributed by atoms with Crippen LogP contribution in [0.15, 0.2) is 6.07 Å². The van der Waals surface area contributed by atoms with Crippen molar-refractivity contribution < 1.29 is 4.79 Å². The van der Waals surface area contributed by atoms with Gasteiger partial charge in [0.15, 0.2) is 0 Å². The number of hydrogen-bond donors (Lipinski definition) is 3. The Morgan fingerprint density at radius 2 is 2.38 bits per heavy atom. The average Bonchev–Trinajstić information content (AvgIpc) is 3.02. The molecule has 1 aromatic heterocycles. The lowest BCUT2D eigenvalue weighted by Crippen LogP contribution is -2.26. The van der Waals surface area contributed by atoms with Crippen molar-refractivity contribution in [3.63, 3.8) is 0 Å². The molecule has 1 amide bonds. The first-order valence-electron chi connectivity index (χ1n) is 5.79. The van der Waals surface area contributed by atoms with Gasteiger partial charge in [-0.15, -0.1) is 0 Å². The summed E-state index contributed by atoms with van der Waals surface area (Å²) in [4.78, 5) is 11.7. The van der Waals surface area contributed by atoms with Gasteiger partial charge in [0.05, 0.1) is 0 Å². The number of aromatic nitrogens is 2. The van der Waals surface area contributed by atoms with E-state index in [0.717, 1.165) is 18.7 Å². The Balaban J connectivity index is 1.78. The van der Waals surface area contributed by atoms with Crippen molar-refractivity contribution in [3.8, 4) is 0 Å². The van der Waals surface area contributed by atoms with Gasteiger partial charge in [-0.05, 0) is 38.9 Å². The van der Waals surface area contributed by atoms with Gasteiger partial charge >= 0.3 is 0 Å². The Morgan fingerprint density at radius 1 is 1.56 bits per heavy atom. The summed E-state index contributed by atoms with van der Waals surface area (Å²) in [6.45, 7) is 1.60. The molecule has 1 aliphatic rings. The number of rotatable bonds is 6. The fraction of sp³-hybridized carbons (Fsp3) is 0.636. The maximum Gasteiger partial charge on any atom is 0.271 e. The first-order valence-corrected chi connectivity index (χ1v) is 5.79. The second-order valence-electron chi connectivity index (χ2n) is 4.20. The summed E-state index contributed by atoms with van der Waals surface area (Å²) in [6, 6.07) is 1.87. The van der Waals surface area contributed by atoms with Crippen LogP contribution in [0.1, 0.15) is 41.4 Å². The lowest BCUT2D eigenvalue weighted by atomic mass is 10.2. The molecule has 1 fully saturated rings. The van der Waals surface area contributed by atoms with Gasteiger partial charge in [-0.25, -0.2) is 0 Å². The normalized spacial score (nSPS) is 15.1. The highest BCUT2D eigenvalue weighted by atomic mass is 16.1. The van der Waals surface area contributed by atoms with Crippen molar-refractivity contribution in [2.24, 2.45) is 0 Å². The van der Waals surface area contributed by atoms with Gasteiger partial charge < -0.3 is 10.6 Å². The summed E-state index contributed by atoms with van der Waals surface area (Å²) < 4.78 is 0. The quantitative estimate of drug-likeness (QED) is 0.618. The molecule has 1 heterocycles. The molecule has 0 aliphatic heterocycles. The van der Waals surface area contributed by atoms with E-state index in [2.05, 4.69) is 20.8 Å². The second-order valence-corrected chi connectivity index (χ2v) is 4.20. The molecule has 1 aliphatic carbocycles. The smallest absolute Gasteiger partial charge is 0.271 e. The highest BCUT2D eigenvalue weighted by Crippen LogP contribution is 2.38. The minimum atomic E-state index is -0.0840.